The Bertz CT molecular complexity index is 1080. The average Bonchev–Trinajstić information content (AvgIpc) is 2.84. The molecular formula is C26H26O6. The molecule has 0 spiro atoms. The molecule has 0 amide bonds. The van der Waals surface area contributed by atoms with Crippen LogP contribution in [0, 0.1) is 5.92 Å². The van der Waals surface area contributed by atoms with Gasteiger partial charge in [-0.3, -0.25) is 0 Å². The van der Waals surface area contributed by atoms with E-state index in [2.05, 4.69) is 0 Å². The Labute approximate surface area is 187 Å². The van der Waals surface area contributed by atoms with Crippen LogP contribution in [0.25, 0.3) is 0 Å². The van der Waals surface area contributed by atoms with Gasteiger partial charge in [0.05, 0.1) is 32.5 Å². The summed E-state index contributed by atoms with van der Waals surface area (Å²) in [5, 5.41) is 11.1. The number of carbonyl (C=O) groups excluding carboxylic acids is 1. The number of fused-ring (bicyclic) bond motifs is 1. The van der Waals surface area contributed by atoms with Gasteiger partial charge in [-0.25, -0.2) is 4.79 Å². The Balaban J connectivity index is 1.52. The highest BCUT2D eigenvalue weighted by Crippen LogP contribution is 2.40. The number of rotatable bonds is 7. The molecule has 0 aromatic heterocycles. The number of benzene rings is 3. The molecule has 4 rings (SSSR count). The van der Waals surface area contributed by atoms with Crippen LogP contribution in [-0.4, -0.2) is 31.9 Å². The zero-order chi connectivity index (χ0) is 22.5. The van der Waals surface area contributed by atoms with E-state index in [0.29, 0.717) is 48.0 Å². The average molecular weight is 434 g/mol. The lowest BCUT2D eigenvalue weighted by atomic mass is 9.87. The fraction of sp³-hybridized carbons (Fsp3) is 0.269. The summed E-state index contributed by atoms with van der Waals surface area (Å²) in [7, 11) is 2.93. The lowest BCUT2D eigenvalue weighted by Gasteiger charge is -2.31. The summed E-state index contributed by atoms with van der Waals surface area (Å²) in [6.45, 7) is 0.793. The Kier molecular flexibility index (Phi) is 6.61. The number of aliphatic hydroxyl groups excluding tert-OH is 1. The normalized spacial score (nSPS) is 17.1. The standard InChI is InChI=1S/C26H26O6/c1-29-23-10-8-18(26(28)30-2)12-19(23)13-20-16-32-24-11-9-21(14-22(24)25(20)27)31-15-17-6-4-3-5-7-17/h3-12,14,20,25,27H,13,15-16H2,1-2H3/t20-,25-/m1/s1. The first kappa shape index (κ1) is 21.7. The van der Waals surface area contributed by atoms with Crippen LogP contribution >= 0.6 is 0 Å². The molecule has 0 radical (unpaired) electrons. The number of carbonyl (C=O) groups is 1. The third-order valence-corrected chi connectivity index (χ3v) is 5.63. The van der Waals surface area contributed by atoms with Crippen molar-refractivity contribution in [1.29, 1.82) is 0 Å². The van der Waals surface area contributed by atoms with Crippen molar-refractivity contribution in [3.63, 3.8) is 0 Å². The number of hydrogen-bond donors (Lipinski definition) is 1. The first-order valence-corrected chi connectivity index (χ1v) is 10.5. The molecular weight excluding hydrogens is 408 g/mol. The van der Waals surface area contributed by atoms with Gasteiger partial charge in [-0.15, -0.1) is 0 Å². The maximum Gasteiger partial charge on any atom is 0.337 e. The fourth-order valence-electron chi connectivity index (χ4n) is 3.90. The summed E-state index contributed by atoms with van der Waals surface area (Å²) in [5.74, 6) is 1.33. The van der Waals surface area contributed by atoms with Crippen molar-refractivity contribution in [2.45, 2.75) is 19.1 Å². The monoisotopic (exact) mass is 434 g/mol. The number of ether oxygens (including phenoxy) is 4. The van der Waals surface area contributed by atoms with Crippen molar-refractivity contribution >= 4 is 5.97 Å². The molecule has 1 N–H and O–H groups in total. The van der Waals surface area contributed by atoms with Crippen molar-refractivity contribution < 1.29 is 28.8 Å². The molecule has 0 bridgehead atoms. The molecule has 0 unspecified atom stereocenters. The quantitative estimate of drug-likeness (QED) is 0.558. The molecule has 6 nitrogen and oxygen atoms in total. The number of esters is 1. The highest BCUT2D eigenvalue weighted by Gasteiger charge is 2.31. The largest absolute Gasteiger partial charge is 0.496 e. The second kappa shape index (κ2) is 9.75. The molecule has 0 saturated heterocycles. The molecule has 6 heteroatoms. The molecule has 3 aromatic carbocycles. The molecule has 2 atom stereocenters. The van der Waals surface area contributed by atoms with E-state index in [-0.39, 0.29) is 5.92 Å². The maximum absolute atomic E-state index is 11.9. The number of aliphatic hydroxyl groups is 1. The summed E-state index contributed by atoms with van der Waals surface area (Å²) in [4.78, 5) is 11.9. The van der Waals surface area contributed by atoms with Crippen molar-refractivity contribution in [3.05, 3.63) is 89.0 Å². The first-order chi connectivity index (χ1) is 15.6. The number of methoxy groups -OCH3 is 2. The highest BCUT2D eigenvalue weighted by atomic mass is 16.5. The van der Waals surface area contributed by atoms with Gasteiger partial charge in [0.1, 0.15) is 23.9 Å². The minimum atomic E-state index is -0.745. The van der Waals surface area contributed by atoms with Gasteiger partial charge in [0.2, 0.25) is 0 Å². The predicted molar refractivity (Wildman–Crippen MR) is 119 cm³/mol. The third-order valence-electron chi connectivity index (χ3n) is 5.63. The van der Waals surface area contributed by atoms with Gasteiger partial charge in [0, 0.05) is 11.5 Å². The smallest absolute Gasteiger partial charge is 0.337 e. The van der Waals surface area contributed by atoms with Crippen molar-refractivity contribution in [1.82, 2.24) is 0 Å². The SMILES string of the molecule is COC(=O)c1ccc(OC)c(C[C@@H]2COc3ccc(OCc4ccccc4)cc3[C@@H]2O)c1. The maximum atomic E-state index is 11.9. The molecule has 1 aliphatic rings. The van der Waals surface area contributed by atoms with E-state index in [1.165, 1.54) is 7.11 Å². The molecule has 3 aromatic rings. The Morgan fingerprint density at radius 1 is 1.06 bits per heavy atom. The minimum Gasteiger partial charge on any atom is -0.496 e. The molecule has 32 heavy (non-hydrogen) atoms. The van der Waals surface area contributed by atoms with Crippen LogP contribution in [0.15, 0.2) is 66.7 Å². The van der Waals surface area contributed by atoms with Gasteiger partial charge >= 0.3 is 5.97 Å². The molecule has 166 valence electrons. The second-order valence-corrected chi connectivity index (χ2v) is 7.71. The van der Waals surface area contributed by atoms with Crippen molar-refractivity contribution in [2.24, 2.45) is 5.92 Å². The van der Waals surface area contributed by atoms with Gasteiger partial charge < -0.3 is 24.1 Å². The van der Waals surface area contributed by atoms with E-state index < -0.39 is 12.1 Å². The van der Waals surface area contributed by atoms with Crippen molar-refractivity contribution in [2.75, 3.05) is 20.8 Å². The molecule has 1 heterocycles. The summed E-state index contributed by atoms with van der Waals surface area (Å²) >= 11 is 0. The van der Waals surface area contributed by atoms with Crippen LogP contribution in [0.3, 0.4) is 0 Å². The second-order valence-electron chi connectivity index (χ2n) is 7.71. The molecule has 0 fully saturated rings. The fourth-order valence-corrected chi connectivity index (χ4v) is 3.90. The summed E-state index contributed by atoms with van der Waals surface area (Å²) in [6, 6.07) is 20.6. The Hall–Kier alpha value is -3.51. The summed E-state index contributed by atoms with van der Waals surface area (Å²) < 4.78 is 22.1. The van der Waals surface area contributed by atoms with Crippen LogP contribution in [-0.2, 0) is 17.8 Å². The zero-order valence-corrected chi connectivity index (χ0v) is 18.1. The lowest BCUT2D eigenvalue weighted by Crippen LogP contribution is -2.28. The van der Waals surface area contributed by atoms with Gasteiger partial charge in [-0.2, -0.15) is 0 Å². The first-order valence-electron chi connectivity index (χ1n) is 10.5. The topological polar surface area (TPSA) is 74.2 Å². The molecule has 0 saturated carbocycles. The van der Waals surface area contributed by atoms with Gasteiger partial charge in [0.25, 0.3) is 0 Å². The van der Waals surface area contributed by atoms with E-state index in [4.69, 9.17) is 18.9 Å². The van der Waals surface area contributed by atoms with E-state index in [0.717, 1.165) is 11.1 Å². The van der Waals surface area contributed by atoms with Crippen LogP contribution in [0.1, 0.15) is 33.2 Å². The van der Waals surface area contributed by atoms with E-state index in [1.54, 1.807) is 25.3 Å². The van der Waals surface area contributed by atoms with Crippen molar-refractivity contribution in [3.8, 4) is 17.2 Å². The van der Waals surface area contributed by atoms with Crippen LogP contribution in [0.2, 0.25) is 0 Å². The Morgan fingerprint density at radius 2 is 1.88 bits per heavy atom. The summed E-state index contributed by atoms with van der Waals surface area (Å²) in [6.07, 6.45) is -0.269. The van der Waals surface area contributed by atoms with Gasteiger partial charge in [0.15, 0.2) is 0 Å². The van der Waals surface area contributed by atoms with E-state index >= 15 is 0 Å². The Morgan fingerprint density at radius 3 is 2.62 bits per heavy atom. The van der Waals surface area contributed by atoms with Gasteiger partial charge in [-0.1, -0.05) is 30.3 Å². The van der Waals surface area contributed by atoms with Crippen LogP contribution < -0.4 is 14.2 Å². The van der Waals surface area contributed by atoms with Crippen LogP contribution in [0.4, 0.5) is 0 Å². The third kappa shape index (κ3) is 4.70. The van der Waals surface area contributed by atoms with E-state index in [1.807, 2.05) is 48.5 Å². The molecule has 1 aliphatic heterocycles. The number of hydrogen-bond acceptors (Lipinski definition) is 6. The highest BCUT2D eigenvalue weighted by molar-refractivity contribution is 5.89. The summed E-state index contributed by atoms with van der Waals surface area (Å²) in [5.41, 5.74) is 3.00. The zero-order valence-electron chi connectivity index (χ0n) is 18.1. The molecule has 0 aliphatic carbocycles. The predicted octanol–water partition coefficient (Wildman–Crippen LogP) is 4.35. The lowest BCUT2D eigenvalue weighted by molar-refractivity contribution is 0.0501. The minimum absolute atomic E-state index is 0.214. The van der Waals surface area contributed by atoms with E-state index in [9.17, 15) is 9.90 Å². The van der Waals surface area contributed by atoms with Crippen LogP contribution in [0.5, 0.6) is 17.2 Å². The van der Waals surface area contributed by atoms with Gasteiger partial charge in [-0.05, 0) is 53.9 Å².